The molecule has 12 heavy (non-hydrogen) atoms. The van der Waals surface area contributed by atoms with E-state index in [9.17, 15) is 4.79 Å². The van der Waals surface area contributed by atoms with Gasteiger partial charge in [0.25, 0.3) is 0 Å². The van der Waals surface area contributed by atoms with Gasteiger partial charge in [0.15, 0.2) is 5.78 Å². The minimum absolute atomic E-state index is 0.154. The Morgan fingerprint density at radius 2 is 2.25 bits per heavy atom. The molecular formula is C8H11N3O. The van der Waals surface area contributed by atoms with Crippen LogP contribution in [-0.4, -0.2) is 22.1 Å². The Kier molecular flexibility index (Phi) is 1.51. The lowest BCUT2D eigenvalue weighted by atomic mass is 10.1. The van der Waals surface area contributed by atoms with Gasteiger partial charge in [-0.2, -0.15) is 5.10 Å². The molecule has 0 aromatic carbocycles. The summed E-state index contributed by atoms with van der Waals surface area (Å²) in [5.74, 6) is 0.154. The number of hydrogen-bond donors (Lipinski definition) is 1. The number of nitrogens with zero attached hydrogens (tertiary/aromatic N) is 2. The Morgan fingerprint density at radius 3 is 2.92 bits per heavy atom. The van der Waals surface area contributed by atoms with Crippen molar-refractivity contribution < 1.29 is 4.79 Å². The van der Waals surface area contributed by atoms with Gasteiger partial charge in [-0.1, -0.05) is 0 Å². The van der Waals surface area contributed by atoms with Crippen LogP contribution in [0.15, 0.2) is 0 Å². The Morgan fingerprint density at radius 1 is 1.50 bits per heavy atom. The highest BCUT2D eigenvalue weighted by molar-refractivity contribution is 6.00. The molecule has 0 saturated heterocycles. The van der Waals surface area contributed by atoms with Gasteiger partial charge in [-0.3, -0.25) is 9.48 Å². The minimum atomic E-state index is 0.154. The summed E-state index contributed by atoms with van der Waals surface area (Å²) < 4.78 is 1.76. The van der Waals surface area contributed by atoms with Crippen molar-refractivity contribution in [2.75, 3.05) is 6.54 Å². The number of nitrogens with one attached hydrogen (secondary N) is 1. The van der Waals surface area contributed by atoms with Crippen LogP contribution in [0.3, 0.4) is 0 Å². The molecule has 0 radical (unpaired) electrons. The van der Waals surface area contributed by atoms with E-state index in [-0.39, 0.29) is 5.78 Å². The number of Topliss-reactive ketones (excluding diaryl/α,β-unsaturated/α-hetero) is 1. The van der Waals surface area contributed by atoms with E-state index in [1.807, 2.05) is 14.0 Å². The van der Waals surface area contributed by atoms with Crippen molar-refractivity contribution in [1.82, 2.24) is 15.1 Å². The van der Waals surface area contributed by atoms with Crippen LogP contribution < -0.4 is 5.32 Å². The number of fused-ring (bicyclic) bond motifs is 1. The van der Waals surface area contributed by atoms with Gasteiger partial charge < -0.3 is 5.32 Å². The first-order chi connectivity index (χ1) is 5.70. The van der Waals surface area contributed by atoms with Crippen molar-refractivity contribution in [3.05, 3.63) is 17.0 Å². The molecule has 1 aliphatic heterocycles. The second-order valence-corrected chi connectivity index (χ2v) is 3.06. The summed E-state index contributed by atoms with van der Waals surface area (Å²) in [6, 6.07) is 0. The molecule has 64 valence electrons. The summed E-state index contributed by atoms with van der Waals surface area (Å²) >= 11 is 0. The lowest BCUT2D eigenvalue weighted by molar-refractivity contribution is 0.0981. The third kappa shape index (κ3) is 0.881. The molecule has 1 N–H and O–H groups in total. The van der Waals surface area contributed by atoms with Gasteiger partial charge in [-0.15, -0.1) is 0 Å². The van der Waals surface area contributed by atoms with Crippen molar-refractivity contribution in [2.24, 2.45) is 7.05 Å². The van der Waals surface area contributed by atoms with Gasteiger partial charge in [0.05, 0.1) is 17.8 Å². The Labute approximate surface area is 70.6 Å². The molecule has 0 atom stereocenters. The van der Waals surface area contributed by atoms with E-state index in [2.05, 4.69) is 10.4 Å². The second kappa shape index (κ2) is 2.42. The van der Waals surface area contributed by atoms with Crippen molar-refractivity contribution in [3.8, 4) is 0 Å². The zero-order chi connectivity index (χ0) is 8.72. The largest absolute Gasteiger partial charge is 0.304 e. The van der Waals surface area contributed by atoms with Gasteiger partial charge in [0.2, 0.25) is 0 Å². The molecule has 1 aliphatic rings. The fourth-order valence-corrected chi connectivity index (χ4v) is 1.55. The first-order valence-electron chi connectivity index (χ1n) is 3.96. The molecule has 0 fully saturated rings. The average Bonchev–Trinajstić information content (AvgIpc) is 2.29. The van der Waals surface area contributed by atoms with Crippen LogP contribution in [0.5, 0.6) is 0 Å². The van der Waals surface area contributed by atoms with Gasteiger partial charge >= 0.3 is 0 Å². The van der Waals surface area contributed by atoms with E-state index in [4.69, 9.17) is 0 Å². The smallest absolute Gasteiger partial charge is 0.180 e. The number of carbonyl (C=O) groups is 1. The third-order valence-electron chi connectivity index (χ3n) is 2.26. The predicted molar refractivity (Wildman–Crippen MR) is 44.0 cm³/mol. The summed E-state index contributed by atoms with van der Waals surface area (Å²) in [4.78, 5) is 11.4. The van der Waals surface area contributed by atoms with E-state index in [1.165, 1.54) is 0 Å². The van der Waals surface area contributed by atoms with Gasteiger partial charge in [0, 0.05) is 19.3 Å². The van der Waals surface area contributed by atoms with Gasteiger partial charge in [-0.25, -0.2) is 0 Å². The summed E-state index contributed by atoms with van der Waals surface area (Å²) in [6.45, 7) is 3.08. The molecule has 0 unspecified atom stereocenters. The summed E-state index contributed by atoms with van der Waals surface area (Å²) in [5.41, 5.74) is 2.67. The SMILES string of the molecule is Cc1c2c(nn1C)CNCC2=O. The molecule has 2 rings (SSSR count). The lowest BCUT2D eigenvalue weighted by Crippen LogP contribution is -2.29. The first kappa shape index (κ1) is 7.49. The molecule has 0 spiro atoms. The molecule has 4 nitrogen and oxygen atoms in total. The topological polar surface area (TPSA) is 46.9 Å². The van der Waals surface area contributed by atoms with Crippen LogP contribution in [0, 0.1) is 6.92 Å². The average molecular weight is 165 g/mol. The highest BCUT2D eigenvalue weighted by Crippen LogP contribution is 2.15. The van der Waals surface area contributed by atoms with Crippen molar-refractivity contribution in [1.29, 1.82) is 0 Å². The van der Waals surface area contributed by atoms with Crippen molar-refractivity contribution in [3.63, 3.8) is 0 Å². The number of rotatable bonds is 0. The Balaban J connectivity index is 2.61. The Bertz CT molecular complexity index is 340. The summed E-state index contributed by atoms with van der Waals surface area (Å²) in [7, 11) is 1.86. The zero-order valence-electron chi connectivity index (χ0n) is 7.22. The van der Waals surface area contributed by atoms with Crippen molar-refractivity contribution in [2.45, 2.75) is 13.5 Å². The van der Waals surface area contributed by atoms with E-state index in [0.29, 0.717) is 13.1 Å². The van der Waals surface area contributed by atoms with Crippen molar-refractivity contribution >= 4 is 5.78 Å². The third-order valence-corrected chi connectivity index (χ3v) is 2.26. The second-order valence-electron chi connectivity index (χ2n) is 3.06. The quantitative estimate of drug-likeness (QED) is 0.589. The minimum Gasteiger partial charge on any atom is -0.304 e. The number of carbonyl (C=O) groups excluding carboxylic acids is 1. The van der Waals surface area contributed by atoms with Crippen LogP contribution in [0.4, 0.5) is 0 Å². The van der Waals surface area contributed by atoms with Crippen LogP contribution in [0.25, 0.3) is 0 Å². The molecular weight excluding hydrogens is 154 g/mol. The van der Waals surface area contributed by atoms with E-state index in [0.717, 1.165) is 17.0 Å². The molecule has 4 heteroatoms. The molecule has 2 heterocycles. The van der Waals surface area contributed by atoms with Crippen LogP contribution in [0.2, 0.25) is 0 Å². The maximum atomic E-state index is 11.4. The van der Waals surface area contributed by atoms with Crippen LogP contribution in [-0.2, 0) is 13.6 Å². The summed E-state index contributed by atoms with van der Waals surface area (Å²) in [6.07, 6.45) is 0. The molecule has 0 amide bonds. The Hall–Kier alpha value is -1.16. The van der Waals surface area contributed by atoms with Gasteiger partial charge in [-0.05, 0) is 6.92 Å². The first-order valence-corrected chi connectivity index (χ1v) is 3.96. The number of ketones is 1. The molecule has 1 aromatic rings. The van der Waals surface area contributed by atoms with Crippen LogP contribution >= 0.6 is 0 Å². The van der Waals surface area contributed by atoms with Crippen LogP contribution in [0.1, 0.15) is 21.7 Å². The maximum absolute atomic E-state index is 11.4. The zero-order valence-corrected chi connectivity index (χ0v) is 7.22. The lowest BCUT2D eigenvalue weighted by Gasteiger charge is -2.09. The number of aryl methyl sites for hydroxylation is 1. The van der Waals surface area contributed by atoms with E-state index >= 15 is 0 Å². The highest BCUT2D eigenvalue weighted by Gasteiger charge is 2.22. The molecule has 0 saturated carbocycles. The summed E-state index contributed by atoms with van der Waals surface area (Å²) in [5, 5.41) is 7.24. The standard InChI is InChI=1S/C8H11N3O/c1-5-8-6(10-11(5)2)3-9-4-7(8)12/h9H,3-4H2,1-2H3. The normalized spacial score (nSPS) is 16.3. The fourth-order valence-electron chi connectivity index (χ4n) is 1.55. The maximum Gasteiger partial charge on any atom is 0.180 e. The highest BCUT2D eigenvalue weighted by atomic mass is 16.1. The fraction of sp³-hybridized carbons (Fsp3) is 0.500. The van der Waals surface area contributed by atoms with E-state index < -0.39 is 0 Å². The molecule has 1 aromatic heterocycles. The van der Waals surface area contributed by atoms with E-state index in [1.54, 1.807) is 4.68 Å². The monoisotopic (exact) mass is 165 g/mol. The number of aromatic nitrogens is 2. The predicted octanol–water partition coefficient (Wildman–Crippen LogP) is 0.0144. The molecule has 0 aliphatic carbocycles. The molecule has 0 bridgehead atoms. The van der Waals surface area contributed by atoms with Gasteiger partial charge in [0.1, 0.15) is 0 Å². The number of hydrogen-bond acceptors (Lipinski definition) is 3.